The van der Waals surface area contributed by atoms with Gasteiger partial charge in [0, 0.05) is 5.56 Å². The predicted octanol–water partition coefficient (Wildman–Crippen LogP) is 3.37. The molecule has 0 saturated heterocycles. The average molecular weight is 269 g/mol. The molecule has 102 valence electrons. The number of hydrogen-bond acceptors (Lipinski definition) is 3. The standard InChI is InChI=1S/C16H15NO3/c1-9-15(10(2)20-17-9)13-5-3-4-11-6-7-12(16(18)19)8-14(11)13/h5-8H,3-4H2,1-2H3,(H,18,19). The van der Waals surface area contributed by atoms with E-state index in [1.165, 1.54) is 5.56 Å². The molecule has 0 atom stereocenters. The first-order valence-electron chi connectivity index (χ1n) is 6.58. The van der Waals surface area contributed by atoms with E-state index in [0.29, 0.717) is 5.56 Å². The molecule has 1 aliphatic carbocycles. The van der Waals surface area contributed by atoms with Crippen molar-refractivity contribution < 1.29 is 14.4 Å². The molecule has 1 heterocycles. The van der Waals surface area contributed by atoms with Crippen LogP contribution >= 0.6 is 0 Å². The second-order valence-corrected chi connectivity index (χ2v) is 5.03. The first-order valence-corrected chi connectivity index (χ1v) is 6.58. The summed E-state index contributed by atoms with van der Waals surface area (Å²) in [7, 11) is 0. The second kappa shape index (κ2) is 4.63. The smallest absolute Gasteiger partial charge is 0.335 e. The van der Waals surface area contributed by atoms with E-state index in [1.54, 1.807) is 12.1 Å². The topological polar surface area (TPSA) is 63.3 Å². The summed E-state index contributed by atoms with van der Waals surface area (Å²) in [4.78, 5) is 11.2. The fourth-order valence-electron chi connectivity index (χ4n) is 2.76. The number of benzene rings is 1. The van der Waals surface area contributed by atoms with Gasteiger partial charge in [0.05, 0.1) is 11.3 Å². The average Bonchev–Trinajstić information content (AvgIpc) is 2.77. The Morgan fingerprint density at radius 2 is 2.15 bits per heavy atom. The highest BCUT2D eigenvalue weighted by atomic mass is 16.5. The van der Waals surface area contributed by atoms with E-state index in [-0.39, 0.29) is 0 Å². The van der Waals surface area contributed by atoms with Gasteiger partial charge in [-0.25, -0.2) is 4.79 Å². The van der Waals surface area contributed by atoms with E-state index in [1.807, 2.05) is 19.9 Å². The molecule has 4 nitrogen and oxygen atoms in total. The van der Waals surface area contributed by atoms with Crippen molar-refractivity contribution in [2.75, 3.05) is 0 Å². The molecule has 0 radical (unpaired) electrons. The van der Waals surface area contributed by atoms with Crippen LogP contribution in [0.2, 0.25) is 0 Å². The maximum absolute atomic E-state index is 11.2. The van der Waals surface area contributed by atoms with Crippen LogP contribution in [-0.4, -0.2) is 16.2 Å². The van der Waals surface area contributed by atoms with Crippen molar-refractivity contribution in [2.24, 2.45) is 0 Å². The summed E-state index contributed by atoms with van der Waals surface area (Å²) >= 11 is 0. The first-order chi connectivity index (χ1) is 9.58. The Labute approximate surface area is 116 Å². The molecule has 1 aliphatic rings. The van der Waals surface area contributed by atoms with Crippen LogP contribution in [0.15, 0.2) is 28.8 Å². The molecule has 0 unspecified atom stereocenters. The van der Waals surface area contributed by atoms with Crippen LogP contribution in [0.3, 0.4) is 0 Å². The molecule has 3 rings (SSSR count). The monoisotopic (exact) mass is 269 g/mol. The molecular weight excluding hydrogens is 254 g/mol. The molecule has 4 heteroatoms. The lowest BCUT2D eigenvalue weighted by atomic mass is 9.85. The summed E-state index contributed by atoms with van der Waals surface area (Å²) in [6, 6.07) is 5.32. The highest BCUT2D eigenvalue weighted by molar-refractivity contribution is 5.91. The Balaban J connectivity index is 2.19. The lowest BCUT2D eigenvalue weighted by molar-refractivity contribution is 0.0697. The van der Waals surface area contributed by atoms with Gasteiger partial charge in [0.15, 0.2) is 0 Å². The van der Waals surface area contributed by atoms with E-state index < -0.39 is 5.97 Å². The molecular formula is C16H15NO3. The van der Waals surface area contributed by atoms with E-state index in [2.05, 4.69) is 11.2 Å². The minimum atomic E-state index is -0.906. The number of rotatable bonds is 2. The Morgan fingerprint density at radius 3 is 2.80 bits per heavy atom. The van der Waals surface area contributed by atoms with E-state index in [0.717, 1.165) is 41.0 Å². The summed E-state index contributed by atoms with van der Waals surface area (Å²) in [5.74, 6) is -0.140. The normalized spacial score (nSPS) is 13.8. The molecule has 0 saturated carbocycles. The lowest BCUT2D eigenvalue weighted by Crippen LogP contribution is -2.05. The number of allylic oxidation sites excluding steroid dienone is 1. The Morgan fingerprint density at radius 1 is 1.35 bits per heavy atom. The molecule has 1 N–H and O–H groups in total. The van der Waals surface area contributed by atoms with Gasteiger partial charge in [-0.05, 0) is 55.5 Å². The van der Waals surface area contributed by atoms with Crippen molar-refractivity contribution in [2.45, 2.75) is 26.7 Å². The minimum absolute atomic E-state index is 0.309. The van der Waals surface area contributed by atoms with Gasteiger partial charge < -0.3 is 9.63 Å². The summed E-state index contributed by atoms with van der Waals surface area (Å²) in [5.41, 5.74) is 5.31. The highest BCUT2D eigenvalue weighted by Crippen LogP contribution is 2.35. The Bertz CT molecular complexity index is 706. The van der Waals surface area contributed by atoms with Gasteiger partial charge in [0.25, 0.3) is 0 Å². The highest BCUT2D eigenvalue weighted by Gasteiger charge is 2.21. The lowest BCUT2D eigenvalue weighted by Gasteiger charge is -2.18. The van der Waals surface area contributed by atoms with Crippen LogP contribution in [0.4, 0.5) is 0 Å². The number of hydrogen-bond donors (Lipinski definition) is 1. The third-order valence-corrected chi connectivity index (χ3v) is 3.71. The fraction of sp³-hybridized carbons (Fsp3) is 0.250. The number of carbonyl (C=O) groups is 1. The summed E-state index contributed by atoms with van der Waals surface area (Å²) in [6.45, 7) is 3.79. The van der Waals surface area contributed by atoms with Crippen LogP contribution in [0, 0.1) is 13.8 Å². The van der Waals surface area contributed by atoms with Crippen LogP contribution in [0.5, 0.6) is 0 Å². The number of carboxylic acid groups (broad SMARTS) is 1. The number of nitrogens with zero attached hydrogens (tertiary/aromatic N) is 1. The number of aromatic carboxylic acids is 1. The third kappa shape index (κ3) is 1.93. The van der Waals surface area contributed by atoms with E-state index in [4.69, 9.17) is 9.63 Å². The van der Waals surface area contributed by atoms with Crippen molar-refractivity contribution in [3.8, 4) is 0 Å². The van der Waals surface area contributed by atoms with Crippen LogP contribution < -0.4 is 0 Å². The van der Waals surface area contributed by atoms with Crippen molar-refractivity contribution >= 4 is 11.5 Å². The van der Waals surface area contributed by atoms with Gasteiger partial charge in [0.2, 0.25) is 0 Å². The first kappa shape index (κ1) is 12.7. The van der Waals surface area contributed by atoms with Crippen molar-refractivity contribution in [1.29, 1.82) is 0 Å². The van der Waals surface area contributed by atoms with Crippen molar-refractivity contribution in [1.82, 2.24) is 5.16 Å². The van der Waals surface area contributed by atoms with Crippen LogP contribution in [0.25, 0.3) is 5.57 Å². The minimum Gasteiger partial charge on any atom is -0.478 e. The van der Waals surface area contributed by atoms with Crippen LogP contribution in [-0.2, 0) is 6.42 Å². The molecule has 0 spiro atoms. The van der Waals surface area contributed by atoms with Gasteiger partial charge in [-0.1, -0.05) is 17.3 Å². The molecule has 20 heavy (non-hydrogen) atoms. The van der Waals surface area contributed by atoms with E-state index in [9.17, 15) is 4.79 Å². The van der Waals surface area contributed by atoms with Gasteiger partial charge >= 0.3 is 5.97 Å². The molecule has 2 aromatic rings. The Hall–Kier alpha value is -2.36. The van der Waals surface area contributed by atoms with Gasteiger partial charge in [-0.15, -0.1) is 0 Å². The van der Waals surface area contributed by atoms with Crippen molar-refractivity contribution in [3.05, 3.63) is 58.0 Å². The maximum atomic E-state index is 11.2. The number of carboxylic acids is 1. The largest absolute Gasteiger partial charge is 0.478 e. The number of aromatic nitrogens is 1. The number of fused-ring (bicyclic) bond motifs is 1. The van der Waals surface area contributed by atoms with E-state index >= 15 is 0 Å². The predicted molar refractivity (Wildman–Crippen MR) is 74.8 cm³/mol. The number of aryl methyl sites for hydroxylation is 3. The molecule has 1 aromatic carbocycles. The Kier molecular flexibility index (Phi) is 2.93. The zero-order chi connectivity index (χ0) is 14.3. The molecule has 0 bridgehead atoms. The SMILES string of the molecule is Cc1noc(C)c1C1=CCCc2ccc(C(=O)O)cc21. The molecule has 1 aromatic heterocycles. The fourth-order valence-corrected chi connectivity index (χ4v) is 2.76. The molecule has 0 aliphatic heterocycles. The van der Waals surface area contributed by atoms with Crippen molar-refractivity contribution in [3.63, 3.8) is 0 Å². The van der Waals surface area contributed by atoms with Gasteiger partial charge in [-0.2, -0.15) is 0 Å². The molecule has 0 amide bonds. The summed E-state index contributed by atoms with van der Waals surface area (Å²) < 4.78 is 5.23. The molecule has 0 fully saturated rings. The maximum Gasteiger partial charge on any atom is 0.335 e. The van der Waals surface area contributed by atoms with Gasteiger partial charge in [0.1, 0.15) is 5.76 Å². The second-order valence-electron chi connectivity index (χ2n) is 5.03. The quantitative estimate of drug-likeness (QED) is 0.907. The summed E-state index contributed by atoms with van der Waals surface area (Å²) in [5, 5.41) is 13.2. The third-order valence-electron chi connectivity index (χ3n) is 3.71. The van der Waals surface area contributed by atoms with Gasteiger partial charge in [-0.3, -0.25) is 0 Å². The van der Waals surface area contributed by atoms with Crippen LogP contribution in [0.1, 0.15) is 44.9 Å². The zero-order valence-corrected chi connectivity index (χ0v) is 11.4. The zero-order valence-electron chi connectivity index (χ0n) is 11.4. The summed E-state index contributed by atoms with van der Waals surface area (Å²) in [6.07, 6.45) is 4.02.